The van der Waals surface area contributed by atoms with Crippen LogP contribution in [-0.4, -0.2) is 47.6 Å². The first-order valence-electron chi connectivity index (χ1n) is 11.1. The second-order valence-electron chi connectivity index (χ2n) is 8.65. The second-order valence-corrected chi connectivity index (χ2v) is 8.65. The van der Waals surface area contributed by atoms with Crippen molar-refractivity contribution in [1.29, 1.82) is 0 Å². The molecule has 1 fully saturated rings. The normalized spacial score (nSPS) is 16.4. The van der Waals surface area contributed by atoms with E-state index in [9.17, 15) is 4.79 Å². The third-order valence-electron chi connectivity index (χ3n) is 5.90. The summed E-state index contributed by atoms with van der Waals surface area (Å²) >= 11 is 0. The number of nitrogens with zero attached hydrogens (tertiary/aromatic N) is 2. The minimum Gasteiger partial charge on any atom is -0.478 e. The van der Waals surface area contributed by atoms with E-state index < -0.39 is 5.97 Å². The van der Waals surface area contributed by atoms with Gasteiger partial charge < -0.3 is 14.7 Å². The van der Waals surface area contributed by atoms with Crippen molar-refractivity contribution >= 4 is 5.97 Å². The average molecular weight is 431 g/mol. The zero-order valence-electron chi connectivity index (χ0n) is 18.5. The predicted molar refractivity (Wildman–Crippen MR) is 126 cm³/mol. The molecule has 0 spiro atoms. The molecule has 1 atom stereocenters. The van der Waals surface area contributed by atoms with Crippen LogP contribution in [0.1, 0.15) is 27.9 Å². The van der Waals surface area contributed by atoms with Crippen LogP contribution in [0, 0.1) is 5.92 Å². The van der Waals surface area contributed by atoms with Crippen LogP contribution < -0.4 is 4.74 Å². The summed E-state index contributed by atoms with van der Waals surface area (Å²) in [4.78, 5) is 15.9. The van der Waals surface area contributed by atoms with E-state index in [1.807, 2.05) is 54.6 Å². The van der Waals surface area contributed by atoms with E-state index >= 15 is 0 Å². The highest BCUT2D eigenvalue weighted by molar-refractivity contribution is 5.87. The summed E-state index contributed by atoms with van der Waals surface area (Å²) in [6.07, 6.45) is 1.20. The number of rotatable bonds is 9. The molecule has 1 saturated heterocycles. The molecule has 1 aliphatic heterocycles. The Morgan fingerprint density at radius 2 is 1.62 bits per heavy atom. The number of carbonyl (C=O) groups is 1. The van der Waals surface area contributed by atoms with E-state index in [0.717, 1.165) is 44.2 Å². The van der Waals surface area contributed by atoms with Crippen LogP contribution in [0.4, 0.5) is 0 Å². The van der Waals surface area contributed by atoms with E-state index in [-0.39, 0.29) is 0 Å². The molecule has 32 heavy (non-hydrogen) atoms. The Kier molecular flexibility index (Phi) is 7.20. The van der Waals surface area contributed by atoms with E-state index in [1.165, 1.54) is 17.5 Å². The van der Waals surface area contributed by atoms with Gasteiger partial charge in [0, 0.05) is 26.2 Å². The van der Waals surface area contributed by atoms with E-state index in [1.54, 1.807) is 12.1 Å². The summed E-state index contributed by atoms with van der Waals surface area (Å²) in [5.74, 6) is 1.48. The van der Waals surface area contributed by atoms with Gasteiger partial charge in [-0.2, -0.15) is 0 Å². The van der Waals surface area contributed by atoms with Gasteiger partial charge >= 0.3 is 5.97 Å². The topological polar surface area (TPSA) is 53.0 Å². The van der Waals surface area contributed by atoms with Crippen LogP contribution in [0.25, 0.3) is 0 Å². The summed E-state index contributed by atoms with van der Waals surface area (Å²) < 4.78 is 5.88. The Morgan fingerprint density at radius 1 is 0.969 bits per heavy atom. The van der Waals surface area contributed by atoms with Gasteiger partial charge in [0.05, 0.1) is 5.56 Å². The maximum Gasteiger partial charge on any atom is 0.335 e. The maximum absolute atomic E-state index is 11.0. The first kappa shape index (κ1) is 22.1. The molecule has 3 aromatic carbocycles. The lowest BCUT2D eigenvalue weighted by Crippen LogP contribution is -2.28. The van der Waals surface area contributed by atoms with E-state index in [4.69, 9.17) is 9.84 Å². The minimum atomic E-state index is -0.876. The van der Waals surface area contributed by atoms with Gasteiger partial charge in [-0.15, -0.1) is 0 Å². The average Bonchev–Trinajstić information content (AvgIpc) is 3.22. The largest absolute Gasteiger partial charge is 0.478 e. The van der Waals surface area contributed by atoms with Gasteiger partial charge in [0.2, 0.25) is 0 Å². The Hall–Kier alpha value is -3.15. The molecule has 166 valence electrons. The van der Waals surface area contributed by atoms with Gasteiger partial charge in [-0.05, 0) is 73.5 Å². The molecule has 0 unspecified atom stereocenters. The van der Waals surface area contributed by atoms with Crippen molar-refractivity contribution in [3.05, 3.63) is 95.6 Å². The van der Waals surface area contributed by atoms with Crippen LogP contribution in [0.2, 0.25) is 0 Å². The molecule has 0 radical (unpaired) electrons. The Labute approximate surface area is 189 Å². The zero-order chi connectivity index (χ0) is 22.3. The summed E-state index contributed by atoms with van der Waals surface area (Å²) in [5.41, 5.74) is 2.79. The number of para-hydroxylation sites is 1. The molecular weight excluding hydrogens is 400 g/mol. The molecule has 0 saturated carbocycles. The van der Waals surface area contributed by atoms with Gasteiger partial charge in [0.25, 0.3) is 0 Å². The number of hydrogen-bond donors (Lipinski definition) is 1. The van der Waals surface area contributed by atoms with E-state index in [2.05, 4.69) is 29.0 Å². The molecule has 0 aliphatic carbocycles. The zero-order valence-corrected chi connectivity index (χ0v) is 18.5. The fraction of sp³-hybridized carbons (Fsp3) is 0.296. The molecule has 1 heterocycles. The summed E-state index contributed by atoms with van der Waals surface area (Å²) in [6.45, 7) is 5.03. The first-order chi connectivity index (χ1) is 15.5. The smallest absolute Gasteiger partial charge is 0.335 e. The lowest BCUT2D eigenvalue weighted by Gasteiger charge is -2.22. The van der Waals surface area contributed by atoms with Gasteiger partial charge in [-0.1, -0.05) is 42.5 Å². The first-order valence-corrected chi connectivity index (χ1v) is 11.1. The third kappa shape index (κ3) is 6.19. The van der Waals surface area contributed by atoms with Crippen LogP contribution in [0.5, 0.6) is 11.5 Å². The number of carboxylic acid groups (broad SMARTS) is 1. The summed E-state index contributed by atoms with van der Waals surface area (Å²) in [5, 5.41) is 9.04. The molecular formula is C27H30N2O3. The number of ether oxygens (including phenoxy) is 1. The number of likely N-dealkylation sites (tertiary alicyclic amines) is 1. The predicted octanol–water partition coefficient (Wildman–Crippen LogP) is 5.13. The fourth-order valence-corrected chi connectivity index (χ4v) is 4.32. The second kappa shape index (κ2) is 10.4. The van der Waals surface area contributed by atoms with Crippen molar-refractivity contribution in [2.45, 2.75) is 19.5 Å². The lowest BCUT2D eigenvalue weighted by atomic mass is 10.1. The molecule has 5 heteroatoms. The monoisotopic (exact) mass is 430 g/mol. The highest BCUT2D eigenvalue weighted by Crippen LogP contribution is 2.23. The van der Waals surface area contributed by atoms with Crippen LogP contribution in [-0.2, 0) is 13.1 Å². The molecule has 5 nitrogen and oxygen atoms in total. The van der Waals surface area contributed by atoms with Crippen molar-refractivity contribution in [2.24, 2.45) is 5.92 Å². The van der Waals surface area contributed by atoms with Gasteiger partial charge in [-0.3, -0.25) is 4.90 Å². The Balaban J connectivity index is 1.22. The van der Waals surface area contributed by atoms with Crippen molar-refractivity contribution in [1.82, 2.24) is 9.80 Å². The van der Waals surface area contributed by atoms with Gasteiger partial charge in [-0.25, -0.2) is 4.79 Å². The molecule has 0 aromatic heterocycles. The molecule has 0 amide bonds. The molecule has 3 aromatic rings. The number of aromatic carboxylic acids is 1. The van der Waals surface area contributed by atoms with Crippen molar-refractivity contribution in [2.75, 3.05) is 26.7 Å². The van der Waals surface area contributed by atoms with Crippen LogP contribution in [0.15, 0.2) is 78.9 Å². The highest BCUT2D eigenvalue weighted by atomic mass is 16.5. The quantitative estimate of drug-likeness (QED) is 0.510. The van der Waals surface area contributed by atoms with Crippen molar-refractivity contribution in [3.8, 4) is 11.5 Å². The summed E-state index contributed by atoms with van der Waals surface area (Å²) in [7, 11) is 2.18. The highest BCUT2D eigenvalue weighted by Gasteiger charge is 2.23. The van der Waals surface area contributed by atoms with Gasteiger partial charge in [0.15, 0.2) is 0 Å². The molecule has 0 bridgehead atoms. The molecule has 4 rings (SSSR count). The molecule has 1 N–H and O–H groups in total. The number of hydrogen-bond acceptors (Lipinski definition) is 4. The van der Waals surface area contributed by atoms with Crippen molar-refractivity contribution < 1.29 is 14.6 Å². The standard InChI is InChI=1S/C27H30N2O3/c1-28(17-21-9-13-26(14-10-21)32-25-5-3-2-4-6-25)18-23-15-16-29(20-23)19-22-7-11-24(12-8-22)27(30)31/h2-14,23H,15-20H2,1H3,(H,30,31)/t23-/m1/s1. The third-order valence-corrected chi connectivity index (χ3v) is 5.90. The fourth-order valence-electron chi connectivity index (χ4n) is 4.32. The van der Waals surface area contributed by atoms with Crippen molar-refractivity contribution in [3.63, 3.8) is 0 Å². The number of carboxylic acids is 1. The molecule has 1 aliphatic rings. The van der Waals surface area contributed by atoms with Gasteiger partial charge in [0.1, 0.15) is 11.5 Å². The lowest BCUT2D eigenvalue weighted by molar-refractivity contribution is 0.0697. The SMILES string of the molecule is CN(Cc1ccc(Oc2ccccc2)cc1)C[C@H]1CCN(Cc2ccc(C(=O)O)cc2)C1. The van der Waals surface area contributed by atoms with Crippen LogP contribution >= 0.6 is 0 Å². The Bertz CT molecular complexity index is 1000. The summed E-state index contributed by atoms with van der Waals surface area (Å²) in [6, 6.07) is 25.4. The van der Waals surface area contributed by atoms with E-state index in [0.29, 0.717) is 11.5 Å². The maximum atomic E-state index is 11.0. The number of benzene rings is 3. The Morgan fingerprint density at radius 3 is 2.31 bits per heavy atom. The van der Waals surface area contributed by atoms with Crippen LogP contribution in [0.3, 0.4) is 0 Å². The minimum absolute atomic E-state index is 0.342.